The Labute approximate surface area is 211 Å². The fourth-order valence-corrected chi connectivity index (χ4v) is 4.17. The van der Waals surface area contributed by atoms with Gasteiger partial charge in [-0.3, -0.25) is 9.59 Å². The summed E-state index contributed by atoms with van der Waals surface area (Å²) in [4.78, 5) is 36.0. The SMILES string of the molecule is O=C(C(O)COC[C@@H]1CCN1c1cn[nH]c(=O)c1C(F)(F)F)N1CCN(c2ncc(C(F)(F)F)cn2)CC1. The number of amides is 1. The Morgan fingerprint density at radius 1 is 1.05 bits per heavy atom. The number of anilines is 2. The maximum Gasteiger partial charge on any atom is 0.423 e. The molecule has 4 heterocycles. The highest BCUT2D eigenvalue weighted by Crippen LogP contribution is 2.37. The van der Waals surface area contributed by atoms with Crippen molar-refractivity contribution in [3.63, 3.8) is 0 Å². The molecule has 2 aliphatic heterocycles. The molecule has 2 aromatic heterocycles. The number of halogens is 6. The fourth-order valence-electron chi connectivity index (χ4n) is 4.17. The molecule has 0 radical (unpaired) electrons. The molecule has 0 saturated carbocycles. The predicted molar refractivity (Wildman–Crippen MR) is 118 cm³/mol. The first-order valence-corrected chi connectivity index (χ1v) is 11.5. The van der Waals surface area contributed by atoms with Crippen molar-refractivity contribution < 1.29 is 41.0 Å². The van der Waals surface area contributed by atoms with Gasteiger partial charge < -0.3 is 24.5 Å². The summed E-state index contributed by atoms with van der Waals surface area (Å²) in [6.45, 7) is 0.537. The van der Waals surface area contributed by atoms with Crippen LogP contribution < -0.4 is 15.4 Å². The minimum atomic E-state index is -4.88. The van der Waals surface area contributed by atoms with Gasteiger partial charge >= 0.3 is 12.4 Å². The van der Waals surface area contributed by atoms with Crippen LogP contribution in [0, 0.1) is 0 Å². The van der Waals surface area contributed by atoms with Crippen LogP contribution in [0.5, 0.6) is 0 Å². The third-order valence-corrected chi connectivity index (χ3v) is 6.28. The first-order valence-electron chi connectivity index (χ1n) is 11.5. The van der Waals surface area contributed by atoms with Crippen molar-refractivity contribution in [2.24, 2.45) is 0 Å². The molecular weight excluding hydrogens is 528 g/mol. The van der Waals surface area contributed by atoms with Crippen molar-refractivity contribution >= 4 is 17.5 Å². The van der Waals surface area contributed by atoms with Gasteiger partial charge in [-0.05, 0) is 6.42 Å². The van der Waals surface area contributed by atoms with Crippen molar-refractivity contribution in [2.75, 3.05) is 55.7 Å². The monoisotopic (exact) mass is 551 g/mol. The number of aromatic nitrogens is 4. The van der Waals surface area contributed by atoms with E-state index in [0.717, 1.165) is 6.20 Å². The molecule has 17 heteroatoms. The van der Waals surface area contributed by atoms with Crippen LogP contribution in [0.2, 0.25) is 0 Å². The van der Waals surface area contributed by atoms with Crippen LogP contribution in [0.4, 0.5) is 38.0 Å². The molecule has 38 heavy (non-hydrogen) atoms. The summed E-state index contributed by atoms with van der Waals surface area (Å²) >= 11 is 0. The predicted octanol–water partition coefficient (Wildman–Crippen LogP) is 0.903. The van der Waals surface area contributed by atoms with E-state index < -0.39 is 53.7 Å². The van der Waals surface area contributed by atoms with Gasteiger partial charge in [-0.25, -0.2) is 15.1 Å². The summed E-state index contributed by atoms with van der Waals surface area (Å²) in [5, 5.41) is 15.5. The minimum absolute atomic E-state index is 0.0864. The summed E-state index contributed by atoms with van der Waals surface area (Å²) in [6, 6.07) is -0.505. The number of aromatic amines is 1. The first kappa shape index (κ1) is 27.6. The van der Waals surface area contributed by atoms with E-state index in [1.807, 2.05) is 0 Å². The number of aliphatic hydroxyl groups is 1. The average molecular weight is 551 g/mol. The normalized spacial score (nSPS) is 19.3. The Kier molecular flexibility index (Phi) is 7.78. The lowest BCUT2D eigenvalue weighted by Gasteiger charge is -2.43. The first-order chi connectivity index (χ1) is 17.9. The minimum Gasteiger partial charge on any atom is -0.381 e. The maximum absolute atomic E-state index is 13.3. The number of alkyl halides is 6. The van der Waals surface area contributed by atoms with Gasteiger partial charge in [0.2, 0.25) is 5.95 Å². The lowest BCUT2D eigenvalue weighted by Crippen LogP contribution is -2.53. The summed E-state index contributed by atoms with van der Waals surface area (Å²) in [5.74, 6) is -0.537. The molecule has 0 aromatic carbocycles. The molecule has 208 valence electrons. The molecule has 4 rings (SSSR count). The number of rotatable bonds is 7. The standard InChI is InChI=1S/C21H23F6N7O4/c22-20(23,24)12-7-28-19(29-8-12)33-5-3-32(4-6-33)18(37)15(35)11-38-10-13-1-2-34(13)14-9-30-31-17(36)16(14)21(25,26)27/h7-9,13,15,35H,1-6,10-11H2,(H,31,36)/t13-,15?/m0/s1. The average Bonchev–Trinajstić information content (AvgIpc) is 2.84. The van der Waals surface area contributed by atoms with E-state index in [-0.39, 0.29) is 51.0 Å². The number of nitrogens with one attached hydrogen (secondary N) is 1. The van der Waals surface area contributed by atoms with E-state index >= 15 is 0 Å². The van der Waals surface area contributed by atoms with Crippen molar-refractivity contribution in [3.8, 4) is 0 Å². The zero-order valence-corrected chi connectivity index (χ0v) is 19.7. The van der Waals surface area contributed by atoms with Gasteiger partial charge in [0, 0.05) is 45.1 Å². The topological polar surface area (TPSA) is 128 Å². The van der Waals surface area contributed by atoms with Crippen LogP contribution in [0.3, 0.4) is 0 Å². The van der Waals surface area contributed by atoms with E-state index in [1.54, 1.807) is 10.00 Å². The second-order valence-corrected chi connectivity index (χ2v) is 8.73. The highest BCUT2D eigenvalue weighted by Gasteiger charge is 2.42. The molecule has 2 aromatic rings. The third kappa shape index (κ3) is 5.98. The van der Waals surface area contributed by atoms with E-state index in [0.29, 0.717) is 18.8 Å². The number of hydrogen-bond donors (Lipinski definition) is 2. The highest BCUT2D eigenvalue weighted by atomic mass is 19.4. The molecule has 2 aliphatic rings. The molecule has 1 amide bonds. The number of ether oxygens (including phenoxy) is 1. The highest BCUT2D eigenvalue weighted by molar-refractivity contribution is 5.81. The van der Waals surface area contributed by atoms with E-state index in [1.165, 1.54) is 9.80 Å². The van der Waals surface area contributed by atoms with E-state index in [4.69, 9.17) is 4.74 Å². The molecule has 2 fully saturated rings. The molecule has 11 nitrogen and oxygen atoms in total. The lowest BCUT2D eigenvalue weighted by atomic mass is 10.0. The zero-order valence-electron chi connectivity index (χ0n) is 19.7. The Balaban J connectivity index is 1.24. The molecule has 0 bridgehead atoms. The van der Waals surface area contributed by atoms with Crippen molar-refractivity contribution in [1.29, 1.82) is 0 Å². The van der Waals surface area contributed by atoms with E-state index in [2.05, 4.69) is 15.1 Å². The van der Waals surface area contributed by atoms with Gasteiger partial charge in [-0.15, -0.1) is 0 Å². The van der Waals surface area contributed by atoms with Crippen LogP contribution in [0.1, 0.15) is 17.5 Å². The Morgan fingerprint density at radius 2 is 1.71 bits per heavy atom. The second-order valence-electron chi connectivity index (χ2n) is 8.73. The Morgan fingerprint density at radius 3 is 2.26 bits per heavy atom. The van der Waals surface area contributed by atoms with Gasteiger partial charge in [0.15, 0.2) is 6.10 Å². The largest absolute Gasteiger partial charge is 0.423 e. The van der Waals surface area contributed by atoms with E-state index in [9.17, 15) is 41.0 Å². The van der Waals surface area contributed by atoms with Gasteiger partial charge in [-0.1, -0.05) is 0 Å². The molecule has 1 unspecified atom stereocenters. The molecular formula is C21H23F6N7O4. The van der Waals surface area contributed by atoms with Crippen LogP contribution in [0.15, 0.2) is 23.4 Å². The van der Waals surface area contributed by atoms with Crippen LogP contribution in [-0.2, 0) is 21.9 Å². The summed E-state index contributed by atoms with van der Waals surface area (Å²) < 4.78 is 83.4. The van der Waals surface area contributed by atoms with Crippen molar-refractivity contribution in [2.45, 2.75) is 30.9 Å². The molecule has 2 saturated heterocycles. The number of carbonyl (C=O) groups is 1. The summed E-state index contributed by atoms with van der Waals surface area (Å²) in [6.07, 6.45) is -8.20. The Hall–Kier alpha value is -3.47. The van der Waals surface area contributed by atoms with Crippen LogP contribution in [-0.4, -0.2) is 94.2 Å². The number of piperazine rings is 1. The van der Waals surface area contributed by atoms with Gasteiger partial charge in [0.05, 0.1) is 36.7 Å². The number of carbonyl (C=O) groups excluding carboxylic acids is 1. The van der Waals surface area contributed by atoms with Crippen LogP contribution >= 0.6 is 0 Å². The number of H-pyrrole nitrogens is 1. The number of aliphatic hydroxyl groups excluding tert-OH is 1. The van der Waals surface area contributed by atoms with Crippen LogP contribution in [0.25, 0.3) is 0 Å². The maximum atomic E-state index is 13.3. The van der Waals surface area contributed by atoms with Gasteiger partial charge in [0.25, 0.3) is 11.5 Å². The second kappa shape index (κ2) is 10.7. The van der Waals surface area contributed by atoms with Crippen molar-refractivity contribution in [1.82, 2.24) is 25.1 Å². The third-order valence-electron chi connectivity index (χ3n) is 6.28. The number of nitrogens with zero attached hydrogens (tertiary/aromatic N) is 6. The molecule has 0 aliphatic carbocycles. The lowest BCUT2D eigenvalue weighted by molar-refractivity contribution is -0.144. The molecule has 2 atom stereocenters. The number of hydrogen-bond acceptors (Lipinski definition) is 9. The Bertz CT molecular complexity index is 1180. The summed E-state index contributed by atoms with van der Waals surface area (Å²) in [5.41, 5.74) is -4.05. The quantitative estimate of drug-likeness (QED) is 0.483. The molecule has 2 N–H and O–H groups in total. The smallest absolute Gasteiger partial charge is 0.381 e. The summed E-state index contributed by atoms with van der Waals surface area (Å²) in [7, 11) is 0. The fraction of sp³-hybridized carbons (Fsp3) is 0.571. The molecule has 0 spiro atoms. The van der Waals surface area contributed by atoms with Gasteiger partial charge in [-0.2, -0.15) is 31.4 Å². The van der Waals surface area contributed by atoms with Crippen molar-refractivity contribution in [3.05, 3.63) is 40.1 Å². The van der Waals surface area contributed by atoms with Gasteiger partial charge in [0.1, 0.15) is 5.56 Å². The zero-order chi connectivity index (χ0) is 27.7.